The van der Waals surface area contributed by atoms with Crippen molar-refractivity contribution in [2.75, 3.05) is 11.4 Å². The number of hydrogen-bond donors (Lipinski definition) is 0. The minimum atomic E-state index is -0.379. The molecule has 2 heterocycles. The van der Waals surface area contributed by atoms with Gasteiger partial charge in [-0.05, 0) is 25.3 Å². The number of rotatable bonds is 3. The molecule has 0 aliphatic carbocycles. The Kier molecular flexibility index (Phi) is 4.58. The van der Waals surface area contributed by atoms with Crippen LogP contribution in [-0.2, 0) is 0 Å². The first kappa shape index (κ1) is 14.1. The van der Waals surface area contributed by atoms with Crippen LogP contribution in [0.3, 0.4) is 0 Å². The maximum Gasteiger partial charge on any atom is 0.311 e. The van der Waals surface area contributed by atoms with Crippen LogP contribution in [0.15, 0.2) is 12.1 Å². The van der Waals surface area contributed by atoms with Gasteiger partial charge in [-0.2, -0.15) is 0 Å². The highest BCUT2D eigenvalue weighted by Gasteiger charge is 2.27. The molecule has 0 spiro atoms. The van der Waals surface area contributed by atoms with Crippen molar-refractivity contribution in [2.24, 2.45) is 0 Å². The molecule has 0 saturated carbocycles. The lowest BCUT2D eigenvalue weighted by molar-refractivity contribution is -0.384. The van der Waals surface area contributed by atoms with Gasteiger partial charge in [0.15, 0.2) is 0 Å². The second kappa shape index (κ2) is 6.19. The summed E-state index contributed by atoms with van der Waals surface area (Å²) >= 11 is 5.91. The lowest BCUT2D eigenvalue weighted by Gasteiger charge is -2.29. The lowest BCUT2D eigenvalue weighted by Crippen LogP contribution is -2.35. The van der Waals surface area contributed by atoms with Crippen LogP contribution >= 0.6 is 11.6 Å². The van der Waals surface area contributed by atoms with E-state index in [-0.39, 0.29) is 10.6 Å². The molecule has 1 saturated heterocycles. The normalized spacial score (nSPS) is 20.1. The van der Waals surface area contributed by atoms with E-state index < -0.39 is 0 Å². The molecule has 1 aliphatic rings. The first-order chi connectivity index (χ1) is 9.13. The number of anilines is 1. The molecule has 1 fully saturated rings. The molecule has 0 amide bonds. The van der Waals surface area contributed by atoms with Gasteiger partial charge in [0.2, 0.25) is 5.82 Å². The van der Waals surface area contributed by atoms with E-state index in [0.29, 0.717) is 17.0 Å². The summed E-state index contributed by atoms with van der Waals surface area (Å²) in [5, 5.41) is 11.5. The van der Waals surface area contributed by atoms with Gasteiger partial charge >= 0.3 is 5.69 Å². The van der Waals surface area contributed by atoms with Crippen molar-refractivity contribution >= 4 is 23.1 Å². The first-order valence-corrected chi connectivity index (χ1v) is 7.09. The minimum Gasteiger partial charge on any atom is -0.348 e. The number of nitro groups is 1. The third kappa shape index (κ3) is 3.15. The van der Waals surface area contributed by atoms with Crippen molar-refractivity contribution in [1.29, 1.82) is 0 Å². The summed E-state index contributed by atoms with van der Waals surface area (Å²) in [4.78, 5) is 17.0. The van der Waals surface area contributed by atoms with Crippen molar-refractivity contribution in [1.82, 2.24) is 4.98 Å². The van der Waals surface area contributed by atoms with Crippen LogP contribution in [-0.4, -0.2) is 22.5 Å². The van der Waals surface area contributed by atoms with E-state index in [1.54, 1.807) is 0 Å². The van der Waals surface area contributed by atoms with Crippen LogP contribution in [0.5, 0.6) is 0 Å². The molecule has 0 radical (unpaired) electrons. The van der Waals surface area contributed by atoms with E-state index in [1.807, 2.05) is 0 Å². The van der Waals surface area contributed by atoms with Gasteiger partial charge in [0.1, 0.15) is 5.15 Å². The average Bonchev–Trinajstić information content (AvgIpc) is 2.63. The van der Waals surface area contributed by atoms with Gasteiger partial charge < -0.3 is 4.90 Å². The van der Waals surface area contributed by atoms with Crippen molar-refractivity contribution in [3.05, 3.63) is 27.4 Å². The molecule has 1 aliphatic heterocycles. The summed E-state index contributed by atoms with van der Waals surface area (Å²) in [6, 6.07) is 3.23. The Hall–Kier alpha value is -1.36. The van der Waals surface area contributed by atoms with Crippen LogP contribution in [0.1, 0.15) is 39.0 Å². The van der Waals surface area contributed by atoms with Gasteiger partial charge in [-0.25, -0.2) is 4.98 Å². The van der Waals surface area contributed by atoms with E-state index in [9.17, 15) is 10.1 Å². The van der Waals surface area contributed by atoms with Gasteiger partial charge in [-0.1, -0.05) is 31.4 Å². The average molecular weight is 284 g/mol. The Morgan fingerprint density at radius 1 is 1.47 bits per heavy atom. The monoisotopic (exact) mass is 283 g/mol. The third-order valence-electron chi connectivity index (χ3n) is 3.64. The Labute approximate surface area is 117 Å². The molecule has 6 heteroatoms. The molecule has 1 atom stereocenters. The second-order valence-electron chi connectivity index (χ2n) is 4.84. The smallest absolute Gasteiger partial charge is 0.311 e. The molecular weight excluding hydrogens is 266 g/mol. The van der Waals surface area contributed by atoms with Crippen molar-refractivity contribution in [3.63, 3.8) is 0 Å². The van der Waals surface area contributed by atoms with Gasteiger partial charge in [0, 0.05) is 18.7 Å². The Morgan fingerprint density at radius 2 is 2.26 bits per heavy atom. The zero-order chi connectivity index (χ0) is 13.8. The molecule has 5 nitrogen and oxygen atoms in total. The van der Waals surface area contributed by atoms with Crippen molar-refractivity contribution < 1.29 is 4.92 Å². The van der Waals surface area contributed by atoms with Gasteiger partial charge in [0.05, 0.1) is 4.92 Å². The fourth-order valence-corrected chi connectivity index (χ4v) is 2.80. The summed E-state index contributed by atoms with van der Waals surface area (Å²) in [7, 11) is 0. The second-order valence-corrected chi connectivity index (χ2v) is 5.23. The maximum atomic E-state index is 11.2. The van der Waals surface area contributed by atoms with Gasteiger partial charge in [0.25, 0.3) is 0 Å². The van der Waals surface area contributed by atoms with E-state index in [4.69, 9.17) is 11.6 Å². The molecular formula is C13H18ClN3O2. The zero-order valence-electron chi connectivity index (χ0n) is 11.0. The lowest BCUT2D eigenvalue weighted by atomic mass is 10.1. The van der Waals surface area contributed by atoms with Crippen LogP contribution < -0.4 is 4.90 Å². The Bertz CT molecular complexity index is 467. The molecule has 1 aromatic rings. The zero-order valence-corrected chi connectivity index (χ0v) is 11.8. The molecule has 0 N–H and O–H groups in total. The largest absolute Gasteiger partial charge is 0.348 e. The van der Waals surface area contributed by atoms with Crippen LogP contribution in [0.25, 0.3) is 0 Å². The SMILES string of the molecule is CCC1CCCCCN1c1nc(Cl)ccc1[N+](=O)[O-]. The predicted octanol–water partition coefficient (Wildman–Crippen LogP) is 3.80. The molecule has 19 heavy (non-hydrogen) atoms. The first-order valence-electron chi connectivity index (χ1n) is 6.71. The fraction of sp³-hybridized carbons (Fsp3) is 0.615. The molecule has 2 rings (SSSR count). The maximum absolute atomic E-state index is 11.2. The summed E-state index contributed by atoms with van der Waals surface area (Å²) in [5.74, 6) is 0.422. The van der Waals surface area contributed by atoms with Crippen LogP contribution in [0, 0.1) is 10.1 Å². The standard InChI is InChI=1S/C13H18ClN3O2/c1-2-10-6-4-3-5-9-16(10)13-11(17(18)19)7-8-12(14)15-13/h7-8,10H,2-6,9H2,1H3. The minimum absolute atomic E-state index is 0.0461. The summed E-state index contributed by atoms with van der Waals surface area (Å²) in [5.41, 5.74) is 0.0461. The van der Waals surface area contributed by atoms with E-state index in [0.717, 1.165) is 25.8 Å². The number of pyridine rings is 1. The highest BCUT2D eigenvalue weighted by Crippen LogP contribution is 2.32. The predicted molar refractivity (Wildman–Crippen MR) is 75.8 cm³/mol. The van der Waals surface area contributed by atoms with E-state index >= 15 is 0 Å². The van der Waals surface area contributed by atoms with Crippen molar-refractivity contribution in [3.8, 4) is 0 Å². The van der Waals surface area contributed by atoms with E-state index in [2.05, 4.69) is 16.8 Å². The summed E-state index contributed by atoms with van der Waals surface area (Å²) < 4.78 is 0. The Morgan fingerprint density at radius 3 is 2.95 bits per heavy atom. The fourth-order valence-electron chi connectivity index (χ4n) is 2.65. The molecule has 0 bridgehead atoms. The third-order valence-corrected chi connectivity index (χ3v) is 3.85. The van der Waals surface area contributed by atoms with Crippen molar-refractivity contribution in [2.45, 2.75) is 45.1 Å². The summed E-state index contributed by atoms with van der Waals surface area (Å²) in [6.45, 7) is 2.92. The number of hydrogen-bond acceptors (Lipinski definition) is 4. The topological polar surface area (TPSA) is 59.3 Å². The van der Waals surface area contributed by atoms with Crippen LogP contribution in [0.4, 0.5) is 11.5 Å². The quantitative estimate of drug-likeness (QED) is 0.481. The van der Waals surface area contributed by atoms with Crippen LogP contribution in [0.2, 0.25) is 5.15 Å². The number of aromatic nitrogens is 1. The number of nitrogens with zero attached hydrogens (tertiary/aromatic N) is 3. The van der Waals surface area contributed by atoms with E-state index in [1.165, 1.54) is 25.0 Å². The number of halogens is 1. The van der Waals surface area contributed by atoms with Gasteiger partial charge in [-0.15, -0.1) is 0 Å². The highest BCUT2D eigenvalue weighted by molar-refractivity contribution is 6.29. The molecule has 104 valence electrons. The highest BCUT2D eigenvalue weighted by atomic mass is 35.5. The molecule has 1 aromatic heterocycles. The summed E-state index contributed by atoms with van der Waals surface area (Å²) in [6.07, 6.45) is 5.40. The Balaban J connectivity index is 2.42. The molecule has 1 unspecified atom stereocenters. The molecule has 0 aromatic carbocycles. The van der Waals surface area contributed by atoms with Gasteiger partial charge in [-0.3, -0.25) is 10.1 Å².